The first-order chi connectivity index (χ1) is 7.95. The van der Waals surface area contributed by atoms with Crippen molar-refractivity contribution in [1.82, 2.24) is 0 Å². The molecular weight excluding hydrogens is 250 g/mol. The zero-order chi connectivity index (χ0) is 12.9. The zero-order valence-electron chi connectivity index (χ0n) is 9.40. The number of hydrogen-bond donors (Lipinski definition) is 0. The molecule has 17 heavy (non-hydrogen) atoms. The van der Waals surface area contributed by atoms with E-state index in [0.717, 1.165) is 5.56 Å². The summed E-state index contributed by atoms with van der Waals surface area (Å²) in [4.78, 5) is -0.0319. The van der Waals surface area contributed by atoms with Crippen molar-refractivity contribution >= 4 is 10.1 Å². The molecule has 1 unspecified atom stereocenters. The molecule has 0 N–H and O–H groups in total. The van der Waals surface area contributed by atoms with Gasteiger partial charge in [0.2, 0.25) is 0 Å². The molecule has 0 aliphatic carbocycles. The Bertz CT molecular complexity index is 442. The first-order valence-electron chi connectivity index (χ1n) is 5.12. The van der Waals surface area contributed by atoms with Gasteiger partial charge < -0.3 is 0 Å². The van der Waals surface area contributed by atoms with E-state index in [-0.39, 0.29) is 11.3 Å². The molecule has 0 fully saturated rings. The summed E-state index contributed by atoms with van der Waals surface area (Å²) < 4.78 is 52.3. The minimum absolute atomic E-state index is 0.0319. The van der Waals surface area contributed by atoms with Crippen LogP contribution in [0, 0.1) is 6.92 Å². The maximum absolute atomic E-state index is 12.9. The van der Waals surface area contributed by atoms with Crippen LogP contribution in [0.25, 0.3) is 0 Å². The molecule has 0 aromatic heterocycles. The van der Waals surface area contributed by atoms with E-state index >= 15 is 0 Å². The van der Waals surface area contributed by atoms with Gasteiger partial charge in [-0.15, -0.1) is 0 Å². The standard InChI is InChI=1S/C11H14F2O3S/c1-9-2-4-11(5-3-9)17(14,15)16-8-10(13)6-7-12/h2-5,10H,6-8H2,1H3. The summed E-state index contributed by atoms with van der Waals surface area (Å²) in [6.45, 7) is 0.325. The van der Waals surface area contributed by atoms with Crippen molar-refractivity contribution in [3.05, 3.63) is 29.8 Å². The first-order valence-corrected chi connectivity index (χ1v) is 6.52. The van der Waals surface area contributed by atoms with Crippen LogP contribution in [-0.4, -0.2) is 27.9 Å². The molecule has 0 aliphatic heterocycles. The van der Waals surface area contributed by atoms with Gasteiger partial charge in [-0.05, 0) is 19.1 Å². The SMILES string of the molecule is Cc1ccc(S(=O)(=O)OCC(F)CCF)cc1. The number of aryl methyl sites for hydroxylation is 1. The van der Waals surface area contributed by atoms with E-state index < -0.39 is 29.6 Å². The van der Waals surface area contributed by atoms with Crippen LogP contribution in [0.4, 0.5) is 8.78 Å². The highest BCUT2D eigenvalue weighted by Crippen LogP contribution is 2.14. The summed E-state index contributed by atoms with van der Waals surface area (Å²) in [7, 11) is -3.95. The number of benzene rings is 1. The Morgan fingerprint density at radius 1 is 1.29 bits per heavy atom. The fraction of sp³-hybridized carbons (Fsp3) is 0.455. The maximum Gasteiger partial charge on any atom is 0.297 e. The summed E-state index contributed by atoms with van der Waals surface area (Å²) in [5, 5.41) is 0. The highest BCUT2D eigenvalue weighted by Gasteiger charge is 2.17. The van der Waals surface area contributed by atoms with E-state index in [0.29, 0.717) is 0 Å². The van der Waals surface area contributed by atoms with Crippen LogP contribution in [-0.2, 0) is 14.3 Å². The van der Waals surface area contributed by atoms with Crippen LogP contribution >= 0.6 is 0 Å². The molecule has 0 heterocycles. The highest BCUT2D eigenvalue weighted by molar-refractivity contribution is 7.86. The number of halogens is 2. The molecule has 1 aromatic carbocycles. The van der Waals surface area contributed by atoms with Gasteiger partial charge in [-0.2, -0.15) is 8.42 Å². The third-order valence-corrected chi connectivity index (χ3v) is 3.43. The van der Waals surface area contributed by atoms with Gasteiger partial charge in [-0.3, -0.25) is 8.57 Å². The summed E-state index contributed by atoms with van der Waals surface area (Å²) in [6, 6.07) is 6.00. The third-order valence-electron chi connectivity index (χ3n) is 2.14. The molecule has 1 aromatic rings. The molecule has 3 nitrogen and oxygen atoms in total. The van der Waals surface area contributed by atoms with Gasteiger partial charge in [-0.1, -0.05) is 17.7 Å². The van der Waals surface area contributed by atoms with E-state index in [1.165, 1.54) is 12.1 Å². The summed E-state index contributed by atoms with van der Waals surface area (Å²) in [5.74, 6) is 0. The van der Waals surface area contributed by atoms with E-state index in [2.05, 4.69) is 4.18 Å². The molecule has 0 bridgehead atoms. The average molecular weight is 264 g/mol. The Hall–Kier alpha value is -1.01. The van der Waals surface area contributed by atoms with E-state index in [9.17, 15) is 17.2 Å². The third kappa shape index (κ3) is 4.40. The van der Waals surface area contributed by atoms with Crippen molar-refractivity contribution in [2.75, 3.05) is 13.3 Å². The van der Waals surface area contributed by atoms with Gasteiger partial charge in [-0.25, -0.2) is 4.39 Å². The van der Waals surface area contributed by atoms with Crippen LogP contribution in [0.1, 0.15) is 12.0 Å². The van der Waals surface area contributed by atoms with Crippen molar-refractivity contribution in [2.24, 2.45) is 0 Å². The smallest absolute Gasteiger partial charge is 0.263 e. The first kappa shape index (κ1) is 14.1. The molecule has 0 saturated heterocycles. The Morgan fingerprint density at radius 3 is 2.41 bits per heavy atom. The average Bonchev–Trinajstić information content (AvgIpc) is 2.28. The monoisotopic (exact) mass is 264 g/mol. The van der Waals surface area contributed by atoms with Gasteiger partial charge in [0.15, 0.2) is 0 Å². The number of hydrogen-bond acceptors (Lipinski definition) is 3. The Labute approximate surface area is 99.5 Å². The van der Waals surface area contributed by atoms with Gasteiger partial charge in [0.1, 0.15) is 6.17 Å². The van der Waals surface area contributed by atoms with Crippen molar-refractivity contribution in [1.29, 1.82) is 0 Å². The Kier molecular flexibility index (Phi) is 5.02. The fourth-order valence-electron chi connectivity index (χ4n) is 1.14. The van der Waals surface area contributed by atoms with E-state index in [1.807, 2.05) is 6.92 Å². The van der Waals surface area contributed by atoms with Crippen molar-refractivity contribution < 1.29 is 21.4 Å². The van der Waals surface area contributed by atoms with E-state index in [4.69, 9.17) is 0 Å². The predicted octanol–water partition coefficient (Wildman–Crippen LogP) is 2.40. The lowest BCUT2D eigenvalue weighted by atomic mass is 10.2. The van der Waals surface area contributed by atoms with Crippen LogP contribution in [0.15, 0.2) is 29.2 Å². The van der Waals surface area contributed by atoms with Gasteiger partial charge in [0.05, 0.1) is 18.2 Å². The second-order valence-corrected chi connectivity index (χ2v) is 5.24. The second-order valence-electron chi connectivity index (χ2n) is 3.63. The summed E-state index contributed by atoms with van der Waals surface area (Å²) in [6.07, 6.45) is -1.97. The molecule has 0 radical (unpaired) electrons. The van der Waals surface area contributed by atoms with Crippen LogP contribution < -0.4 is 0 Å². The lowest BCUT2D eigenvalue weighted by Crippen LogP contribution is -2.16. The highest BCUT2D eigenvalue weighted by atomic mass is 32.2. The van der Waals surface area contributed by atoms with Crippen LogP contribution in [0.2, 0.25) is 0 Å². The van der Waals surface area contributed by atoms with Crippen molar-refractivity contribution in [2.45, 2.75) is 24.4 Å². The zero-order valence-corrected chi connectivity index (χ0v) is 10.2. The van der Waals surface area contributed by atoms with Gasteiger partial charge in [0.25, 0.3) is 10.1 Å². The van der Waals surface area contributed by atoms with Gasteiger partial charge in [0, 0.05) is 6.42 Å². The summed E-state index contributed by atoms with van der Waals surface area (Å²) in [5.41, 5.74) is 0.907. The van der Waals surface area contributed by atoms with Gasteiger partial charge >= 0.3 is 0 Å². The molecule has 0 amide bonds. The predicted molar refractivity (Wildman–Crippen MR) is 59.8 cm³/mol. The van der Waals surface area contributed by atoms with Crippen molar-refractivity contribution in [3.63, 3.8) is 0 Å². The molecule has 0 aliphatic rings. The Balaban J connectivity index is 2.66. The quantitative estimate of drug-likeness (QED) is 0.741. The normalized spacial score (nSPS) is 13.6. The molecule has 96 valence electrons. The summed E-state index contributed by atoms with van der Waals surface area (Å²) >= 11 is 0. The van der Waals surface area contributed by atoms with Crippen molar-refractivity contribution in [3.8, 4) is 0 Å². The van der Waals surface area contributed by atoms with Crippen LogP contribution in [0.5, 0.6) is 0 Å². The van der Waals surface area contributed by atoms with E-state index in [1.54, 1.807) is 12.1 Å². The number of alkyl halides is 2. The second kappa shape index (κ2) is 6.07. The molecule has 1 rings (SSSR count). The fourth-order valence-corrected chi connectivity index (χ4v) is 2.07. The molecular formula is C11H14F2O3S. The van der Waals surface area contributed by atoms with Crippen LogP contribution in [0.3, 0.4) is 0 Å². The molecule has 6 heteroatoms. The minimum Gasteiger partial charge on any atom is -0.263 e. The largest absolute Gasteiger partial charge is 0.297 e. The maximum atomic E-state index is 12.9. The topological polar surface area (TPSA) is 43.4 Å². The molecule has 1 atom stereocenters. The molecule has 0 saturated carbocycles. The lowest BCUT2D eigenvalue weighted by molar-refractivity contribution is 0.181. The Morgan fingerprint density at radius 2 is 1.88 bits per heavy atom. The lowest BCUT2D eigenvalue weighted by Gasteiger charge is -2.08. The molecule has 0 spiro atoms. The minimum atomic E-state index is -3.95. The number of rotatable bonds is 6.